The Labute approximate surface area is 266 Å². The van der Waals surface area contributed by atoms with E-state index in [1.54, 1.807) is 13.8 Å². The van der Waals surface area contributed by atoms with E-state index >= 15 is 0 Å². The van der Waals surface area contributed by atoms with Gasteiger partial charge in [0.15, 0.2) is 0 Å². The van der Waals surface area contributed by atoms with Gasteiger partial charge in [0.05, 0.1) is 15.5 Å². The van der Waals surface area contributed by atoms with Crippen molar-refractivity contribution in [3.05, 3.63) is 47.5 Å². The van der Waals surface area contributed by atoms with Gasteiger partial charge in [-0.15, -0.1) is 0 Å². The third-order valence-corrected chi connectivity index (χ3v) is 7.65. The molecule has 38 heavy (non-hydrogen) atoms. The Kier molecular flexibility index (Phi) is 14.2. The van der Waals surface area contributed by atoms with Gasteiger partial charge in [0, 0.05) is 25.8 Å². The van der Waals surface area contributed by atoms with Crippen LogP contribution in [0.4, 0.5) is 16.2 Å². The largest absolute Gasteiger partial charge is 1.00 e. The SMILES string of the molecule is CC(C)NC(=O)Nc1ccc(C=Cc2ccc(NS(=O)(=O)N(C)C)cc2S(=O)(=O)[O-])c(S(=O)(=O)[O-])c1.[Na+].[Na+]. The average molecular weight is 607 g/mol. The van der Waals surface area contributed by atoms with Crippen LogP contribution in [0.25, 0.3) is 12.2 Å². The first-order chi connectivity index (χ1) is 16.4. The fourth-order valence-electron chi connectivity index (χ4n) is 2.77. The monoisotopic (exact) mass is 606 g/mol. The van der Waals surface area contributed by atoms with E-state index < -0.39 is 46.3 Å². The van der Waals surface area contributed by atoms with Crippen molar-refractivity contribution in [1.82, 2.24) is 9.62 Å². The van der Waals surface area contributed by atoms with Crippen molar-refractivity contribution in [1.29, 1.82) is 0 Å². The number of anilines is 2. The van der Waals surface area contributed by atoms with Crippen LogP contribution in [0.5, 0.6) is 0 Å². The molecular weight excluding hydrogens is 582 g/mol. The first-order valence-electron chi connectivity index (χ1n) is 10.1. The number of hydrogen-bond donors (Lipinski definition) is 3. The van der Waals surface area contributed by atoms with Gasteiger partial charge in [-0.05, 0) is 49.2 Å². The molecule has 0 heterocycles. The summed E-state index contributed by atoms with van der Waals surface area (Å²) >= 11 is 0. The number of rotatable bonds is 9. The van der Waals surface area contributed by atoms with E-state index in [1.807, 2.05) is 0 Å². The second kappa shape index (κ2) is 14.6. The third-order valence-electron chi connectivity index (χ3n) is 4.41. The molecule has 0 aliphatic carbocycles. The maximum Gasteiger partial charge on any atom is 1.00 e. The summed E-state index contributed by atoms with van der Waals surface area (Å²) in [6.07, 6.45) is 2.17. The molecule has 0 unspecified atom stereocenters. The zero-order valence-electron chi connectivity index (χ0n) is 21.5. The van der Waals surface area contributed by atoms with Crippen LogP contribution in [0.15, 0.2) is 46.2 Å². The number of hydrogen-bond acceptors (Lipinski definition) is 9. The third kappa shape index (κ3) is 10.9. The normalized spacial score (nSPS) is 12.1. The zero-order valence-corrected chi connectivity index (χ0v) is 28.0. The first-order valence-corrected chi connectivity index (χ1v) is 14.3. The van der Waals surface area contributed by atoms with Crippen LogP contribution in [0.1, 0.15) is 25.0 Å². The molecule has 0 aliphatic heterocycles. The fraction of sp³-hybridized carbons (Fsp3) is 0.250. The summed E-state index contributed by atoms with van der Waals surface area (Å²) in [5.41, 5.74) is -0.523. The standard InChI is InChI=1S/C20H26N4O9S3.2Na/c1-13(2)21-20(25)22-16-9-7-14(18(11-16)34(26,27)28)5-6-15-8-10-17(12-19(15)35(29,30)31)23-36(32,33)24(3)4;;/h5-13,23H,1-4H3,(H2,21,22,25)(H,26,27,28)(H,29,30,31);;/q;2*+1/p-2. The molecule has 2 aromatic carbocycles. The summed E-state index contributed by atoms with van der Waals surface area (Å²) in [6.45, 7) is 3.42. The molecule has 3 N–H and O–H groups in total. The van der Waals surface area contributed by atoms with Crippen molar-refractivity contribution in [3.63, 3.8) is 0 Å². The maximum absolute atomic E-state index is 12.0. The number of nitrogens with zero attached hydrogens (tertiary/aromatic N) is 1. The number of amides is 2. The average Bonchev–Trinajstić information content (AvgIpc) is 2.71. The van der Waals surface area contributed by atoms with E-state index in [9.17, 15) is 39.2 Å². The van der Waals surface area contributed by atoms with Gasteiger partial charge >= 0.3 is 75.4 Å². The Morgan fingerprint density at radius 2 is 1.24 bits per heavy atom. The molecule has 0 fully saturated rings. The topological polar surface area (TPSA) is 205 Å². The summed E-state index contributed by atoms with van der Waals surface area (Å²) in [5, 5.41) is 4.92. The Balaban J connectivity index is 0.00000684. The minimum Gasteiger partial charge on any atom is -0.744 e. The van der Waals surface area contributed by atoms with Crippen molar-refractivity contribution in [2.24, 2.45) is 0 Å². The van der Waals surface area contributed by atoms with Crippen molar-refractivity contribution >= 4 is 60.0 Å². The predicted molar refractivity (Wildman–Crippen MR) is 131 cm³/mol. The molecule has 2 amide bonds. The second-order valence-electron chi connectivity index (χ2n) is 7.89. The number of benzene rings is 2. The number of nitrogens with one attached hydrogen (secondary N) is 3. The van der Waals surface area contributed by atoms with Gasteiger partial charge in [0.1, 0.15) is 20.2 Å². The van der Waals surface area contributed by atoms with Crippen LogP contribution in [-0.4, -0.2) is 64.8 Å². The molecular formula is C20H24N4Na2O9S3. The maximum atomic E-state index is 12.0. The predicted octanol–water partition coefficient (Wildman–Crippen LogP) is -4.58. The first kappa shape index (κ1) is 37.0. The minimum absolute atomic E-state index is 0. The van der Waals surface area contributed by atoms with Gasteiger partial charge in [-0.25, -0.2) is 21.6 Å². The van der Waals surface area contributed by atoms with Gasteiger partial charge in [-0.2, -0.15) is 12.7 Å². The van der Waals surface area contributed by atoms with Crippen LogP contribution in [0.3, 0.4) is 0 Å². The second-order valence-corrected chi connectivity index (χ2v) is 12.5. The van der Waals surface area contributed by atoms with E-state index in [4.69, 9.17) is 0 Å². The van der Waals surface area contributed by atoms with E-state index in [2.05, 4.69) is 15.4 Å². The quantitative estimate of drug-likeness (QED) is 0.143. The molecule has 0 aliphatic rings. The molecule has 0 saturated heterocycles. The Hall–Kier alpha value is -1.02. The van der Waals surface area contributed by atoms with E-state index in [0.717, 1.165) is 34.7 Å². The smallest absolute Gasteiger partial charge is 0.744 e. The van der Waals surface area contributed by atoms with Crippen LogP contribution in [-0.2, 0) is 30.4 Å². The van der Waals surface area contributed by atoms with Crippen LogP contribution < -0.4 is 74.5 Å². The fourth-order valence-corrected chi connectivity index (χ4v) is 4.77. The molecule has 2 aromatic rings. The van der Waals surface area contributed by atoms with Crippen molar-refractivity contribution in [3.8, 4) is 0 Å². The molecule has 0 bridgehead atoms. The Morgan fingerprint density at radius 1 is 0.816 bits per heavy atom. The molecule has 0 atom stereocenters. The van der Waals surface area contributed by atoms with Crippen molar-refractivity contribution < 1.29 is 98.3 Å². The van der Waals surface area contributed by atoms with Crippen LogP contribution >= 0.6 is 0 Å². The molecule has 0 saturated carbocycles. The van der Waals surface area contributed by atoms with Crippen LogP contribution in [0, 0.1) is 0 Å². The Bertz CT molecular complexity index is 1510. The number of urea groups is 1. The zero-order chi connectivity index (χ0) is 27.5. The summed E-state index contributed by atoms with van der Waals surface area (Å²) in [5.74, 6) is 0. The molecule has 0 spiro atoms. The summed E-state index contributed by atoms with van der Waals surface area (Å²) < 4.78 is 97.7. The molecule has 18 heteroatoms. The summed E-state index contributed by atoms with van der Waals surface area (Å²) in [6, 6.07) is 5.77. The van der Waals surface area contributed by atoms with Gasteiger partial charge in [-0.1, -0.05) is 24.3 Å². The minimum atomic E-state index is -5.09. The van der Waals surface area contributed by atoms with Gasteiger partial charge in [0.25, 0.3) is 0 Å². The number of carbonyl (C=O) groups excluding carboxylic acids is 1. The van der Waals surface area contributed by atoms with Crippen LogP contribution in [0.2, 0.25) is 0 Å². The molecule has 0 aromatic heterocycles. The Morgan fingerprint density at radius 3 is 1.63 bits per heavy atom. The van der Waals surface area contributed by atoms with Gasteiger partial charge in [-0.3, -0.25) is 4.72 Å². The van der Waals surface area contributed by atoms with Crippen molar-refractivity contribution in [2.45, 2.75) is 29.7 Å². The van der Waals surface area contributed by atoms with E-state index in [0.29, 0.717) is 0 Å². The van der Waals surface area contributed by atoms with E-state index in [-0.39, 0.29) is 87.7 Å². The summed E-state index contributed by atoms with van der Waals surface area (Å²) in [7, 11) is -11.6. The molecule has 198 valence electrons. The summed E-state index contributed by atoms with van der Waals surface area (Å²) in [4.78, 5) is 10.4. The molecule has 0 radical (unpaired) electrons. The van der Waals surface area contributed by atoms with Crippen molar-refractivity contribution in [2.75, 3.05) is 24.1 Å². The van der Waals surface area contributed by atoms with Gasteiger partial charge < -0.3 is 19.7 Å². The van der Waals surface area contributed by atoms with Gasteiger partial charge in [0.2, 0.25) is 0 Å². The number of carbonyl (C=O) groups is 1. The molecule has 2 rings (SSSR count). The van der Waals surface area contributed by atoms with E-state index in [1.165, 1.54) is 32.3 Å². The molecule has 13 nitrogen and oxygen atoms in total.